The van der Waals surface area contributed by atoms with Gasteiger partial charge in [-0.2, -0.15) is 0 Å². The Hall–Kier alpha value is -8.00. The minimum absolute atomic E-state index is 0.101. The Balaban J connectivity index is 1.10. The number of anilines is 3. The quantitative estimate of drug-likeness (QED) is 0.148. The van der Waals surface area contributed by atoms with Gasteiger partial charge in [0.1, 0.15) is 0 Å². The van der Waals surface area contributed by atoms with Crippen molar-refractivity contribution in [2.45, 2.75) is 0 Å². The van der Waals surface area contributed by atoms with E-state index < -0.39 is 24.2 Å². The summed E-state index contributed by atoms with van der Waals surface area (Å²) in [5.74, 6) is 0. The van der Waals surface area contributed by atoms with Crippen LogP contribution in [0.3, 0.4) is 0 Å². The maximum Gasteiger partial charge on any atom is 0.0645 e. The fraction of sp³-hybridized carbons (Fsp3) is 0. The van der Waals surface area contributed by atoms with Gasteiger partial charge in [-0.1, -0.05) is 206 Å². The number of hydrogen-bond acceptors (Lipinski definition) is 1. The molecular weight excluding hydrogens is 735 g/mol. The summed E-state index contributed by atoms with van der Waals surface area (Å²) in [7, 11) is 0. The van der Waals surface area contributed by atoms with Crippen molar-refractivity contribution in [1.82, 2.24) is 0 Å². The Kier molecular flexibility index (Phi) is 7.29. The highest BCUT2D eigenvalue weighted by atomic mass is 15.1. The zero-order valence-corrected chi connectivity index (χ0v) is 33.0. The van der Waals surface area contributed by atoms with Crippen molar-refractivity contribution in [2.75, 3.05) is 4.90 Å². The van der Waals surface area contributed by atoms with E-state index in [4.69, 9.17) is 0 Å². The highest BCUT2D eigenvalue weighted by Gasteiger charge is 2.17. The summed E-state index contributed by atoms with van der Waals surface area (Å²) in [6, 6.07) is 61.7. The van der Waals surface area contributed by atoms with Gasteiger partial charge >= 0.3 is 0 Å². The molecule has 0 saturated heterocycles. The molecule has 0 heterocycles. The van der Waals surface area contributed by atoms with Gasteiger partial charge < -0.3 is 4.90 Å². The molecule has 1 heteroatoms. The zero-order chi connectivity index (χ0) is 47.5. The van der Waals surface area contributed by atoms with Gasteiger partial charge in [0.05, 0.1) is 11.0 Å². The SMILES string of the molecule is [2H]c1c([2H])c(N(c2ccc(-c3cccc4ccccc34)cc2)c2c([2H])c([2H])c(-c3c(-c4ccccc4)ccc4ccccc34)c([2H])c2[2H])c([2H])c([2H])c1-c1ccc(-c2ccc3ccccc3c2)cc1. The van der Waals surface area contributed by atoms with Crippen LogP contribution in [-0.4, -0.2) is 0 Å². The van der Waals surface area contributed by atoms with Gasteiger partial charge in [0, 0.05) is 17.1 Å². The van der Waals surface area contributed by atoms with Crippen molar-refractivity contribution in [1.29, 1.82) is 0 Å². The van der Waals surface area contributed by atoms with Crippen LogP contribution in [0.15, 0.2) is 249 Å². The molecule has 1 nitrogen and oxygen atoms in total. The first-order valence-electron chi connectivity index (χ1n) is 24.3. The van der Waals surface area contributed by atoms with Crippen LogP contribution in [0.4, 0.5) is 17.1 Å². The molecule has 11 aromatic rings. The monoisotopic (exact) mass is 783 g/mol. The van der Waals surface area contributed by atoms with E-state index in [9.17, 15) is 11.0 Å². The molecule has 0 spiro atoms. The Morgan fingerprint density at radius 2 is 0.754 bits per heavy atom. The fourth-order valence-electron chi connectivity index (χ4n) is 8.34. The summed E-state index contributed by atoms with van der Waals surface area (Å²) in [5, 5.41) is 5.97. The second-order valence-corrected chi connectivity index (χ2v) is 15.1. The van der Waals surface area contributed by atoms with Gasteiger partial charge in [0.2, 0.25) is 0 Å². The fourth-order valence-corrected chi connectivity index (χ4v) is 8.34. The van der Waals surface area contributed by atoms with Crippen molar-refractivity contribution in [2.24, 2.45) is 0 Å². The minimum atomic E-state index is -0.402. The van der Waals surface area contributed by atoms with Crippen LogP contribution < -0.4 is 4.90 Å². The third-order valence-electron chi connectivity index (χ3n) is 11.4. The Bertz CT molecular complexity index is 3750. The first-order valence-corrected chi connectivity index (χ1v) is 20.3. The molecule has 0 aliphatic rings. The summed E-state index contributed by atoms with van der Waals surface area (Å²) < 4.78 is 77.5. The molecule has 0 saturated carbocycles. The van der Waals surface area contributed by atoms with E-state index in [0.29, 0.717) is 16.8 Å². The van der Waals surface area contributed by atoms with Gasteiger partial charge in [-0.15, -0.1) is 0 Å². The molecule has 61 heavy (non-hydrogen) atoms. The second kappa shape index (κ2) is 15.6. The number of hydrogen-bond donors (Lipinski definition) is 0. The summed E-state index contributed by atoms with van der Waals surface area (Å²) in [5.41, 5.74) is 6.54. The van der Waals surface area contributed by atoms with Gasteiger partial charge in [0.15, 0.2) is 0 Å². The van der Waals surface area contributed by atoms with E-state index in [-0.39, 0.29) is 46.7 Å². The van der Waals surface area contributed by atoms with E-state index in [1.165, 1.54) is 4.90 Å². The van der Waals surface area contributed by atoms with Crippen LogP contribution >= 0.6 is 0 Å². The molecule has 0 aliphatic heterocycles. The molecule has 0 amide bonds. The van der Waals surface area contributed by atoms with Gasteiger partial charge in [-0.3, -0.25) is 0 Å². The number of nitrogens with zero attached hydrogens (tertiary/aromatic N) is 1. The lowest BCUT2D eigenvalue weighted by Crippen LogP contribution is -2.09. The van der Waals surface area contributed by atoms with Crippen molar-refractivity contribution in [3.05, 3.63) is 249 Å². The summed E-state index contributed by atoms with van der Waals surface area (Å²) in [6.45, 7) is 0. The van der Waals surface area contributed by atoms with Crippen molar-refractivity contribution in [3.8, 4) is 55.6 Å². The van der Waals surface area contributed by atoms with Crippen molar-refractivity contribution < 1.29 is 11.0 Å². The molecule has 0 unspecified atom stereocenters. The third kappa shape index (κ3) is 6.93. The standard InChI is InChI=1S/C60H41N/c1-2-12-47(13-3-1)59-40-33-48-15-7-9-19-58(48)60(59)50-31-38-55(39-32-50)61(54-36-29-49(30-37-54)57-20-10-17-46-14-6-8-18-56(46)57)53-34-27-44(28-35-53)43-21-23-45(24-22-43)52-26-25-42-11-4-5-16-51(42)41-52/h1-41H/i27D,28D,31D,32D,34D,35D,38D,39D. The van der Waals surface area contributed by atoms with Gasteiger partial charge in [-0.25, -0.2) is 0 Å². The number of fused-ring (bicyclic) bond motifs is 3. The van der Waals surface area contributed by atoms with Crippen LogP contribution in [0.2, 0.25) is 0 Å². The van der Waals surface area contributed by atoms with Crippen molar-refractivity contribution >= 4 is 49.4 Å². The lowest BCUT2D eigenvalue weighted by Gasteiger charge is -2.26. The lowest BCUT2D eigenvalue weighted by molar-refractivity contribution is 1.28. The minimum Gasteiger partial charge on any atom is -0.311 e. The highest BCUT2D eigenvalue weighted by Crippen LogP contribution is 2.42. The van der Waals surface area contributed by atoms with E-state index >= 15 is 0 Å². The summed E-state index contributed by atoms with van der Waals surface area (Å²) in [6.07, 6.45) is 0. The molecule has 0 atom stereocenters. The largest absolute Gasteiger partial charge is 0.311 e. The topological polar surface area (TPSA) is 3.24 Å². The van der Waals surface area contributed by atoms with E-state index in [1.54, 1.807) is 24.3 Å². The number of benzene rings is 11. The van der Waals surface area contributed by atoms with E-state index in [0.717, 1.165) is 65.7 Å². The average molecular weight is 784 g/mol. The summed E-state index contributed by atoms with van der Waals surface area (Å²) >= 11 is 0. The van der Waals surface area contributed by atoms with Gasteiger partial charge in [0.25, 0.3) is 0 Å². The molecule has 0 radical (unpaired) electrons. The van der Waals surface area contributed by atoms with Gasteiger partial charge in [-0.05, 0) is 130 Å². The van der Waals surface area contributed by atoms with E-state index in [1.807, 2.05) is 146 Å². The molecule has 0 N–H and O–H groups in total. The smallest absolute Gasteiger partial charge is 0.0645 e. The Morgan fingerprint density at radius 1 is 0.262 bits per heavy atom. The average Bonchev–Trinajstić information content (AvgIpc) is 3.39. The predicted molar refractivity (Wildman–Crippen MR) is 261 cm³/mol. The molecule has 0 fully saturated rings. The molecule has 11 aromatic carbocycles. The zero-order valence-electron chi connectivity index (χ0n) is 41.0. The Morgan fingerprint density at radius 3 is 1.46 bits per heavy atom. The van der Waals surface area contributed by atoms with E-state index in [2.05, 4.69) is 30.3 Å². The maximum absolute atomic E-state index is 9.81. The highest BCUT2D eigenvalue weighted by molar-refractivity contribution is 6.04. The molecule has 286 valence electrons. The molecular formula is C60H41N. The molecule has 0 aliphatic carbocycles. The van der Waals surface area contributed by atoms with Crippen LogP contribution in [-0.2, 0) is 0 Å². The molecule has 0 bridgehead atoms. The molecule has 11 rings (SSSR count). The van der Waals surface area contributed by atoms with Crippen LogP contribution in [0.5, 0.6) is 0 Å². The predicted octanol–water partition coefficient (Wildman–Crippen LogP) is 17.0. The number of rotatable bonds is 8. The maximum atomic E-state index is 9.81. The Labute approximate surface area is 368 Å². The molecule has 0 aromatic heterocycles. The lowest BCUT2D eigenvalue weighted by atomic mass is 9.89. The van der Waals surface area contributed by atoms with Crippen LogP contribution in [0.25, 0.3) is 88.0 Å². The van der Waals surface area contributed by atoms with Crippen LogP contribution in [0, 0.1) is 0 Å². The first-order chi connectivity index (χ1) is 33.6. The second-order valence-electron chi connectivity index (χ2n) is 15.1. The van der Waals surface area contributed by atoms with Crippen molar-refractivity contribution in [3.63, 3.8) is 0 Å². The normalized spacial score (nSPS) is 13.1. The third-order valence-corrected chi connectivity index (χ3v) is 11.4. The van der Waals surface area contributed by atoms with Crippen LogP contribution in [0.1, 0.15) is 11.0 Å². The first kappa shape index (κ1) is 28.4. The summed E-state index contributed by atoms with van der Waals surface area (Å²) in [4.78, 5) is 1.37.